The summed E-state index contributed by atoms with van der Waals surface area (Å²) in [5, 5.41) is 13.4. The van der Waals surface area contributed by atoms with E-state index in [9.17, 15) is 14.3 Å². The molecule has 0 aliphatic carbocycles. The third-order valence-corrected chi connectivity index (χ3v) is 3.07. The molecule has 1 N–H and O–H groups in total. The summed E-state index contributed by atoms with van der Waals surface area (Å²) in [5.41, 5.74) is -0.372. The molecular weight excluding hydrogens is 268 g/mol. The second-order valence-electron chi connectivity index (χ2n) is 3.40. The Morgan fingerprint density at radius 1 is 1.65 bits per heavy atom. The van der Waals surface area contributed by atoms with Crippen LogP contribution in [-0.4, -0.2) is 37.2 Å². The first-order chi connectivity index (χ1) is 7.91. The number of hydrogen-bond donors (Lipinski definition) is 1. The van der Waals surface area contributed by atoms with Crippen molar-refractivity contribution in [2.45, 2.75) is 13.0 Å². The van der Waals surface area contributed by atoms with Crippen molar-refractivity contribution in [1.29, 1.82) is 0 Å². The predicted molar refractivity (Wildman–Crippen MR) is 65.7 cm³/mol. The summed E-state index contributed by atoms with van der Waals surface area (Å²) in [4.78, 5) is 17.4. The summed E-state index contributed by atoms with van der Waals surface area (Å²) in [5.74, 6) is 0.395. The number of aromatic nitrogens is 2. The number of rotatable bonds is 5. The van der Waals surface area contributed by atoms with E-state index in [1.807, 2.05) is 0 Å². The highest BCUT2D eigenvalue weighted by Crippen LogP contribution is 2.28. The Kier molecular flexibility index (Phi) is 4.76. The van der Waals surface area contributed by atoms with Crippen molar-refractivity contribution >= 4 is 33.9 Å². The first-order valence-electron chi connectivity index (χ1n) is 4.63. The Labute approximate surface area is 105 Å². The SMILES string of the molecule is CC(CS(C)=O)Nc1ncnc(Cl)c1[N+](=O)[O-]. The molecule has 0 bridgehead atoms. The molecule has 0 radical (unpaired) electrons. The van der Waals surface area contributed by atoms with Gasteiger partial charge in [-0.3, -0.25) is 14.3 Å². The average Bonchev–Trinajstić information content (AvgIpc) is 2.15. The van der Waals surface area contributed by atoms with E-state index in [1.165, 1.54) is 0 Å². The lowest BCUT2D eigenvalue weighted by atomic mass is 10.3. The van der Waals surface area contributed by atoms with Crippen LogP contribution in [0, 0.1) is 10.1 Å². The van der Waals surface area contributed by atoms with Crippen LogP contribution in [0.1, 0.15) is 6.92 Å². The van der Waals surface area contributed by atoms with E-state index in [4.69, 9.17) is 11.6 Å². The van der Waals surface area contributed by atoms with Gasteiger partial charge in [0.2, 0.25) is 11.0 Å². The minimum atomic E-state index is -1.00. The van der Waals surface area contributed by atoms with Crippen molar-refractivity contribution in [2.24, 2.45) is 0 Å². The van der Waals surface area contributed by atoms with Crippen LogP contribution in [0.5, 0.6) is 0 Å². The van der Waals surface area contributed by atoms with E-state index in [1.54, 1.807) is 13.2 Å². The standard InChI is InChI=1S/C8H11ClN4O3S/c1-5(3-17(2)16)12-8-6(13(14)15)7(9)10-4-11-8/h4-5H,3H2,1-2H3,(H,10,11,12). The molecule has 9 heteroatoms. The zero-order valence-electron chi connectivity index (χ0n) is 9.21. The largest absolute Gasteiger partial charge is 0.361 e. The van der Waals surface area contributed by atoms with Gasteiger partial charge in [-0.2, -0.15) is 0 Å². The van der Waals surface area contributed by atoms with Crippen LogP contribution in [0.3, 0.4) is 0 Å². The van der Waals surface area contributed by atoms with Crippen LogP contribution < -0.4 is 5.32 Å². The Balaban J connectivity index is 2.94. The second-order valence-corrected chi connectivity index (χ2v) is 5.24. The van der Waals surface area contributed by atoms with Gasteiger partial charge in [-0.15, -0.1) is 0 Å². The third kappa shape index (κ3) is 3.90. The topological polar surface area (TPSA) is 98.0 Å². The maximum absolute atomic E-state index is 11.0. The first kappa shape index (κ1) is 13.8. The van der Waals surface area contributed by atoms with E-state index < -0.39 is 15.7 Å². The van der Waals surface area contributed by atoms with Crippen LogP contribution in [-0.2, 0) is 10.8 Å². The van der Waals surface area contributed by atoms with Gasteiger partial charge in [-0.1, -0.05) is 11.6 Å². The molecule has 94 valence electrons. The summed E-state index contributed by atoms with van der Waals surface area (Å²) >= 11 is 5.62. The normalized spacial score (nSPS) is 14.1. The Morgan fingerprint density at radius 2 is 2.29 bits per heavy atom. The predicted octanol–water partition coefficient (Wildman–Crippen LogP) is 1.22. The van der Waals surface area contributed by atoms with Crippen molar-refractivity contribution in [1.82, 2.24) is 9.97 Å². The molecule has 7 nitrogen and oxygen atoms in total. The zero-order valence-corrected chi connectivity index (χ0v) is 10.8. The van der Waals surface area contributed by atoms with Gasteiger partial charge in [-0.05, 0) is 6.92 Å². The van der Waals surface area contributed by atoms with E-state index in [0.29, 0.717) is 5.75 Å². The molecule has 0 spiro atoms. The molecule has 0 aliphatic heterocycles. The number of anilines is 1. The summed E-state index contributed by atoms with van der Waals surface area (Å²) < 4.78 is 11.0. The molecule has 0 saturated heterocycles. The smallest absolute Gasteiger partial charge is 0.348 e. The van der Waals surface area contributed by atoms with Crippen LogP contribution in [0.4, 0.5) is 11.5 Å². The quantitative estimate of drug-likeness (QED) is 0.494. The van der Waals surface area contributed by atoms with E-state index in [0.717, 1.165) is 6.33 Å². The molecule has 1 rings (SSSR count). The molecule has 2 unspecified atom stereocenters. The second kappa shape index (κ2) is 5.87. The fourth-order valence-corrected chi connectivity index (χ4v) is 2.24. The lowest BCUT2D eigenvalue weighted by molar-refractivity contribution is -0.384. The monoisotopic (exact) mass is 278 g/mol. The first-order valence-corrected chi connectivity index (χ1v) is 6.73. The fraction of sp³-hybridized carbons (Fsp3) is 0.500. The number of nitrogens with one attached hydrogen (secondary N) is 1. The molecule has 17 heavy (non-hydrogen) atoms. The van der Waals surface area contributed by atoms with Gasteiger partial charge in [0.25, 0.3) is 0 Å². The van der Waals surface area contributed by atoms with Crippen LogP contribution in [0.15, 0.2) is 6.33 Å². The molecule has 1 aromatic heterocycles. The summed E-state index contributed by atoms with van der Waals surface area (Å²) in [6.45, 7) is 1.75. The van der Waals surface area contributed by atoms with Crippen molar-refractivity contribution in [3.8, 4) is 0 Å². The van der Waals surface area contributed by atoms with E-state index in [-0.39, 0.29) is 22.7 Å². The Bertz CT molecular complexity index is 456. The van der Waals surface area contributed by atoms with Gasteiger partial charge in [0.1, 0.15) is 6.33 Å². The van der Waals surface area contributed by atoms with E-state index in [2.05, 4.69) is 15.3 Å². The van der Waals surface area contributed by atoms with Crippen LogP contribution in [0.25, 0.3) is 0 Å². The van der Waals surface area contributed by atoms with Gasteiger partial charge in [0.05, 0.1) is 4.92 Å². The molecule has 2 atom stereocenters. The summed E-state index contributed by atoms with van der Waals surface area (Å²) in [7, 11) is -1.00. The highest BCUT2D eigenvalue weighted by molar-refractivity contribution is 7.84. The molecule has 0 fully saturated rings. The molecule has 0 aliphatic rings. The minimum absolute atomic E-state index is 0.0351. The molecule has 0 saturated carbocycles. The maximum atomic E-state index is 11.0. The highest BCUT2D eigenvalue weighted by Gasteiger charge is 2.22. The zero-order chi connectivity index (χ0) is 13.0. The Hall–Kier alpha value is -1.28. The highest BCUT2D eigenvalue weighted by atomic mass is 35.5. The van der Waals surface area contributed by atoms with Gasteiger partial charge >= 0.3 is 5.69 Å². The Morgan fingerprint density at radius 3 is 2.82 bits per heavy atom. The number of hydrogen-bond acceptors (Lipinski definition) is 6. The van der Waals surface area contributed by atoms with Crippen LogP contribution in [0.2, 0.25) is 5.15 Å². The third-order valence-electron chi connectivity index (χ3n) is 1.83. The average molecular weight is 279 g/mol. The summed E-state index contributed by atoms with van der Waals surface area (Å²) in [6, 6.07) is -0.217. The van der Waals surface area contributed by atoms with Crippen molar-refractivity contribution in [2.75, 3.05) is 17.3 Å². The number of nitro groups is 1. The molecule has 0 aromatic carbocycles. The van der Waals surface area contributed by atoms with Crippen molar-refractivity contribution in [3.63, 3.8) is 0 Å². The van der Waals surface area contributed by atoms with Gasteiger partial charge in [0, 0.05) is 28.9 Å². The number of halogens is 1. The van der Waals surface area contributed by atoms with Gasteiger partial charge in [0.15, 0.2) is 0 Å². The van der Waals surface area contributed by atoms with Crippen LogP contribution >= 0.6 is 11.6 Å². The van der Waals surface area contributed by atoms with Crippen molar-refractivity contribution < 1.29 is 9.13 Å². The van der Waals surface area contributed by atoms with Gasteiger partial charge < -0.3 is 5.32 Å². The lowest BCUT2D eigenvalue weighted by Crippen LogP contribution is -2.23. The molecular formula is C8H11ClN4O3S. The number of nitrogens with zero attached hydrogens (tertiary/aromatic N) is 3. The molecule has 1 heterocycles. The van der Waals surface area contributed by atoms with E-state index >= 15 is 0 Å². The summed E-state index contributed by atoms with van der Waals surface area (Å²) in [6.07, 6.45) is 2.69. The van der Waals surface area contributed by atoms with Crippen molar-refractivity contribution in [3.05, 3.63) is 21.6 Å². The van der Waals surface area contributed by atoms with Gasteiger partial charge in [-0.25, -0.2) is 9.97 Å². The lowest BCUT2D eigenvalue weighted by Gasteiger charge is -2.12. The maximum Gasteiger partial charge on any atom is 0.348 e. The fourth-order valence-electron chi connectivity index (χ4n) is 1.25. The minimum Gasteiger partial charge on any atom is -0.361 e. The molecule has 0 amide bonds. The molecule has 1 aromatic rings.